The molecule has 2 fully saturated rings. The number of hydrogen-bond donors (Lipinski definition) is 1. The highest BCUT2D eigenvalue weighted by molar-refractivity contribution is 7.12. The van der Waals surface area contributed by atoms with Crippen LogP contribution >= 0.6 is 11.3 Å². The Morgan fingerprint density at radius 1 is 1.50 bits per heavy atom. The van der Waals surface area contributed by atoms with Gasteiger partial charge in [0.05, 0.1) is 13.2 Å². The van der Waals surface area contributed by atoms with E-state index < -0.39 is 0 Å². The normalized spacial score (nSPS) is 26.6. The van der Waals surface area contributed by atoms with Gasteiger partial charge in [0.2, 0.25) is 5.91 Å². The van der Waals surface area contributed by atoms with Gasteiger partial charge in [-0.2, -0.15) is 5.10 Å². The van der Waals surface area contributed by atoms with E-state index in [1.54, 1.807) is 0 Å². The Balaban J connectivity index is 1.40. The number of rotatable bonds is 4. The van der Waals surface area contributed by atoms with E-state index in [1.807, 2.05) is 23.2 Å². The molecule has 24 heavy (non-hydrogen) atoms. The Labute approximate surface area is 145 Å². The van der Waals surface area contributed by atoms with Gasteiger partial charge in [0, 0.05) is 34.6 Å². The number of aromatic nitrogens is 3. The second-order valence-corrected chi connectivity index (χ2v) is 7.85. The molecule has 2 aromatic heterocycles. The van der Waals surface area contributed by atoms with Gasteiger partial charge in [-0.3, -0.25) is 9.89 Å². The van der Waals surface area contributed by atoms with Crippen molar-refractivity contribution in [3.63, 3.8) is 0 Å². The molecule has 1 amide bonds. The molecule has 4 rings (SSSR count). The molecule has 2 aromatic rings. The zero-order chi connectivity index (χ0) is 16.7. The van der Waals surface area contributed by atoms with Gasteiger partial charge in [-0.25, -0.2) is 4.98 Å². The fraction of sp³-hybridized carbons (Fsp3) is 0.588. The molecule has 128 valence electrons. The minimum absolute atomic E-state index is 0.139. The highest BCUT2D eigenvalue weighted by atomic mass is 32.1. The van der Waals surface area contributed by atoms with Crippen molar-refractivity contribution in [1.82, 2.24) is 20.1 Å². The van der Waals surface area contributed by atoms with Crippen LogP contribution in [0.25, 0.3) is 0 Å². The van der Waals surface area contributed by atoms with Gasteiger partial charge >= 0.3 is 0 Å². The van der Waals surface area contributed by atoms with E-state index in [9.17, 15) is 4.79 Å². The molecule has 0 spiro atoms. The van der Waals surface area contributed by atoms with E-state index in [0.29, 0.717) is 31.4 Å². The maximum atomic E-state index is 12.8. The molecular formula is C17H22N4O2S. The minimum atomic E-state index is -0.222. The number of thiophene rings is 1. The molecule has 1 saturated heterocycles. The molecule has 0 aromatic carbocycles. The van der Waals surface area contributed by atoms with Crippen LogP contribution in [0.5, 0.6) is 0 Å². The third-order valence-corrected chi connectivity index (χ3v) is 5.92. The maximum Gasteiger partial charge on any atom is 0.226 e. The first-order valence-corrected chi connectivity index (χ1v) is 9.35. The first kappa shape index (κ1) is 15.8. The summed E-state index contributed by atoms with van der Waals surface area (Å²) in [5, 5.41) is 7.15. The lowest BCUT2D eigenvalue weighted by Crippen LogP contribution is -2.43. The predicted octanol–water partition coefficient (Wildman–Crippen LogP) is 2.44. The van der Waals surface area contributed by atoms with E-state index in [-0.39, 0.29) is 17.9 Å². The van der Waals surface area contributed by atoms with Crippen LogP contribution in [0.1, 0.15) is 46.8 Å². The SMILES string of the molecule is CCc1nc([C@@H]2CN(C(=O)[C@H]3C[C@@H]3c3ccc(C)s3)CCO2)n[nH]1. The molecule has 0 radical (unpaired) electrons. The topological polar surface area (TPSA) is 71.1 Å². The van der Waals surface area contributed by atoms with Crippen molar-refractivity contribution in [2.75, 3.05) is 19.7 Å². The quantitative estimate of drug-likeness (QED) is 0.923. The average Bonchev–Trinajstić information content (AvgIpc) is 3.04. The summed E-state index contributed by atoms with van der Waals surface area (Å²) < 4.78 is 5.78. The maximum absolute atomic E-state index is 12.8. The zero-order valence-corrected chi connectivity index (χ0v) is 14.8. The molecule has 7 heteroatoms. The fourth-order valence-corrected chi connectivity index (χ4v) is 4.34. The van der Waals surface area contributed by atoms with Gasteiger partial charge in [-0.15, -0.1) is 11.3 Å². The Kier molecular flexibility index (Phi) is 4.14. The van der Waals surface area contributed by atoms with Crippen molar-refractivity contribution in [1.29, 1.82) is 0 Å². The number of hydrogen-bond acceptors (Lipinski definition) is 5. The smallest absolute Gasteiger partial charge is 0.226 e. The number of nitrogens with one attached hydrogen (secondary N) is 1. The summed E-state index contributed by atoms with van der Waals surface area (Å²) >= 11 is 1.81. The highest BCUT2D eigenvalue weighted by Gasteiger charge is 2.47. The van der Waals surface area contributed by atoms with Gasteiger partial charge in [0.25, 0.3) is 0 Å². The lowest BCUT2D eigenvalue weighted by Gasteiger charge is -2.31. The number of nitrogens with zero attached hydrogens (tertiary/aromatic N) is 3. The van der Waals surface area contributed by atoms with E-state index in [4.69, 9.17) is 4.74 Å². The number of carbonyl (C=O) groups excluding carboxylic acids is 1. The largest absolute Gasteiger partial charge is 0.366 e. The number of morpholine rings is 1. The third kappa shape index (κ3) is 2.98. The molecule has 3 heterocycles. The Morgan fingerprint density at radius 2 is 2.38 bits per heavy atom. The molecule has 1 aliphatic carbocycles. The molecule has 0 bridgehead atoms. The second-order valence-electron chi connectivity index (χ2n) is 6.53. The number of ether oxygens (including phenoxy) is 1. The number of aryl methyl sites for hydroxylation is 2. The van der Waals surface area contributed by atoms with Crippen molar-refractivity contribution in [2.45, 2.75) is 38.7 Å². The van der Waals surface area contributed by atoms with Gasteiger partial charge < -0.3 is 9.64 Å². The lowest BCUT2D eigenvalue weighted by atomic mass is 10.2. The van der Waals surface area contributed by atoms with Crippen molar-refractivity contribution in [3.05, 3.63) is 33.5 Å². The summed E-state index contributed by atoms with van der Waals surface area (Å²) in [5.41, 5.74) is 0. The first-order chi connectivity index (χ1) is 11.7. The molecule has 1 N–H and O–H groups in total. The fourth-order valence-electron chi connectivity index (χ4n) is 3.29. The highest BCUT2D eigenvalue weighted by Crippen LogP contribution is 2.50. The van der Waals surface area contributed by atoms with Crippen LogP contribution in [0, 0.1) is 12.8 Å². The van der Waals surface area contributed by atoms with Crippen LogP contribution in [-0.4, -0.2) is 45.7 Å². The average molecular weight is 346 g/mol. The third-order valence-electron chi connectivity index (χ3n) is 4.78. The number of carbonyl (C=O) groups is 1. The molecule has 1 saturated carbocycles. The summed E-state index contributed by atoms with van der Waals surface area (Å²) in [7, 11) is 0. The van der Waals surface area contributed by atoms with Gasteiger partial charge in [-0.1, -0.05) is 6.92 Å². The van der Waals surface area contributed by atoms with Crippen LogP contribution in [0.3, 0.4) is 0 Å². The molecule has 3 atom stereocenters. The van der Waals surface area contributed by atoms with E-state index in [1.165, 1.54) is 9.75 Å². The number of aromatic amines is 1. The van der Waals surface area contributed by atoms with Gasteiger partial charge in [0.15, 0.2) is 5.82 Å². The van der Waals surface area contributed by atoms with Crippen LogP contribution in [0.2, 0.25) is 0 Å². The number of H-pyrrole nitrogens is 1. The Bertz CT molecular complexity index is 741. The van der Waals surface area contributed by atoms with E-state index in [0.717, 1.165) is 18.7 Å². The van der Waals surface area contributed by atoms with Crippen molar-refractivity contribution in [2.24, 2.45) is 5.92 Å². The summed E-state index contributed by atoms with van der Waals surface area (Å²) in [6.45, 7) is 5.89. The minimum Gasteiger partial charge on any atom is -0.366 e. The number of amides is 1. The molecule has 1 aliphatic heterocycles. The second kappa shape index (κ2) is 6.29. The van der Waals surface area contributed by atoms with Crippen molar-refractivity contribution >= 4 is 17.2 Å². The molecule has 2 aliphatic rings. The Hall–Kier alpha value is -1.73. The monoisotopic (exact) mass is 346 g/mol. The summed E-state index contributed by atoms with van der Waals surface area (Å²) in [6, 6.07) is 4.30. The first-order valence-electron chi connectivity index (χ1n) is 8.53. The standard InChI is InChI=1S/C17H22N4O2S/c1-3-15-18-16(20-19-15)13-9-21(6-7-23-13)17(22)12-8-11(12)14-5-4-10(2)24-14/h4-5,11-13H,3,6-9H2,1-2H3,(H,18,19,20)/t11-,12-,13-/m0/s1. The van der Waals surface area contributed by atoms with Crippen molar-refractivity contribution < 1.29 is 9.53 Å². The van der Waals surface area contributed by atoms with E-state index in [2.05, 4.69) is 34.2 Å². The summed E-state index contributed by atoms with van der Waals surface area (Å²) in [4.78, 5) is 21.8. The summed E-state index contributed by atoms with van der Waals surface area (Å²) in [5.74, 6) is 2.32. The molecule has 0 unspecified atom stereocenters. The van der Waals surface area contributed by atoms with Crippen LogP contribution in [-0.2, 0) is 16.0 Å². The predicted molar refractivity (Wildman–Crippen MR) is 90.9 cm³/mol. The van der Waals surface area contributed by atoms with Crippen LogP contribution in [0.15, 0.2) is 12.1 Å². The van der Waals surface area contributed by atoms with Crippen LogP contribution in [0.4, 0.5) is 0 Å². The Morgan fingerprint density at radius 3 is 3.08 bits per heavy atom. The molecule has 6 nitrogen and oxygen atoms in total. The van der Waals surface area contributed by atoms with E-state index >= 15 is 0 Å². The van der Waals surface area contributed by atoms with Gasteiger partial charge in [-0.05, 0) is 25.5 Å². The summed E-state index contributed by atoms with van der Waals surface area (Å²) in [6.07, 6.45) is 1.56. The van der Waals surface area contributed by atoms with Crippen molar-refractivity contribution in [3.8, 4) is 0 Å². The lowest BCUT2D eigenvalue weighted by molar-refractivity contribution is -0.140. The van der Waals surface area contributed by atoms with Crippen LogP contribution < -0.4 is 0 Å². The zero-order valence-electron chi connectivity index (χ0n) is 14.0. The molecular weight excluding hydrogens is 324 g/mol. The van der Waals surface area contributed by atoms with Gasteiger partial charge in [0.1, 0.15) is 11.9 Å².